The highest BCUT2D eigenvalue weighted by Gasteiger charge is 2.37. The number of nitrogens with one attached hydrogen (secondary N) is 1. The number of rotatable bonds is 5. The molecule has 1 unspecified atom stereocenters. The van der Waals surface area contributed by atoms with Crippen molar-refractivity contribution in [1.29, 1.82) is 0 Å². The molecule has 0 aliphatic carbocycles. The Labute approximate surface area is 195 Å². The number of halogens is 6. The summed E-state index contributed by atoms with van der Waals surface area (Å²) in [5.74, 6) is -0.970. The summed E-state index contributed by atoms with van der Waals surface area (Å²) >= 11 is 0. The number of hydrogen-bond donors (Lipinski definition) is 1. The molecule has 0 fully saturated rings. The van der Waals surface area contributed by atoms with Crippen molar-refractivity contribution in [3.63, 3.8) is 0 Å². The first-order valence-electron chi connectivity index (χ1n) is 9.69. The highest BCUT2D eigenvalue weighted by molar-refractivity contribution is 7.92. The zero-order valence-corrected chi connectivity index (χ0v) is 19.2. The first-order chi connectivity index (χ1) is 16.1. The van der Waals surface area contributed by atoms with E-state index >= 15 is 0 Å². The maximum absolute atomic E-state index is 13.1. The zero-order valence-electron chi connectivity index (χ0n) is 18.3. The van der Waals surface area contributed by atoms with E-state index in [4.69, 9.17) is 0 Å². The molecule has 0 radical (unpaired) electrons. The Hall–Kier alpha value is -3.49. The third-order valence-electron chi connectivity index (χ3n) is 4.45. The molecule has 0 aliphatic rings. The minimum Gasteiger partial charge on any atom is -0.344 e. The van der Waals surface area contributed by atoms with E-state index in [1.807, 2.05) is 0 Å². The van der Waals surface area contributed by atoms with Crippen LogP contribution in [-0.4, -0.2) is 42.4 Å². The summed E-state index contributed by atoms with van der Waals surface area (Å²) in [5.41, 5.74) is -3.98. The number of nitrogens with zero attached hydrogens (tertiary/aromatic N) is 5. The Morgan fingerprint density at radius 1 is 1.00 bits per heavy atom. The van der Waals surface area contributed by atoms with Crippen LogP contribution in [-0.2, 0) is 22.1 Å². The van der Waals surface area contributed by atoms with Crippen LogP contribution in [0, 0.1) is 0 Å². The third-order valence-corrected chi connectivity index (χ3v) is 5.08. The number of carbonyl (C=O) groups excluding carboxylic acids is 1. The van der Waals surface area contributed by atoms with Gasteiger partial charge in [0, 0.05) is 46.3 Å². The second-order valence-electron chi connectivity index (χ2n) is 7.63. The number of alkyl halides is 6. The lowest BCUT2D eigenvalue weighted by Crippen LogP contribution is -2.29. The van der Waals surface area contributed by atoms with Crippen molar-refractivity contribution in [2.75, 3.05) is 12.5 Å². The highest BCUT2D eigenvalue weighted by atomic mass is 32.2. The van der Waals surface area contributed by atoms with E-state index in [1.165, 1.54) is 48.8 Å². The summed E-state index contributed by atoms with van der Waals surface area (Å²) in [4.78, 5) is 20.9. The fourth-order valence-electron chi connectivity index (χ4n) is 3.00. The van der Waals surface area contributed by atoms with E-state index in [2.05, 4.69) is 24.7 Å². The maximum Gasteiger partial charge on any atom is 0.416 e. The topological polar surface area (TPSA) is 102 Å². The Bertz CT molecular complexity index is 1330. The molecule has 15 heteroatoms. The van der Waals surface area contributed by atoms with Crippen LogP contribution in [0.3, 0.4) is 0 Å². The van der Waals surface area contributed by atoms with Crippen molar-refractivity contribution in [2.24, 2.45) is 4.36 Å². The predicted octanol–water partition coefficient (Wildman–Crippen LogP) is 4.55. The Balaban J connectivity index is 1.99. The molecule has 1 aromatic carbocycles. The Morgan fingerprint density at radius 3 is 2.11 bits per heavy atom. The summed E-state index contributed by atoms with van der Waals surface area (Å²) < 4.78 is 96.2. The van der Waals surface area contributed by atoms with E-state index < -0.39 is 50.7 Å². The van der Waals surface area contributed by atoms with Gasteiger partial charge in [0.25, 0.3) is 5.91 Å². The van der Waals surface area contributed by atoms with E-state index in [1.54, 1.807) is 0 Å². The van der Waals surface area contributed by atoms with Crippen LogP contribution in [0.25, 0.3) is 5.82 Å². The van der Waals surface area contributed by atoms with Gasteiger partial charge in [-0.1, -0.05) is 0 Å². The number of carbonyl (C=O) groups is 1. The second kappa shape index (κ2) is 9.28. The maximum atomic E-state index is 13.1. The molecule has 0 saturated heterocycles. The largest absolute Gasteiger partial charge is 0.416 e. The molecule has 1 N–H and O–H groups in total. The summed E-state index contributed by atoms with van der Waals surface area (Å²) in [7, 11) is -2.59. The van der Waals surface area contributed by atoms with Gasteiger partial charge < -0.3 is 5.32 Å². The molecule has 1 atom stereocenters. The highest BCUT2D eigenvalue weighted by Crippen LogP contribution is 2.36. The number of benzene rings is 1. The van der Waals surface area contributed by atoms with Gasteiger partial charge in [-0.2, -0.15) is 40.5 Å². The molecule has 0 aliphatic heterocycles. The average molecular weight is 520 g/mol. The average Bonchev–Trinajstić information content (AvgIpc) is 3.18. The third kappa shape index (κ3) is 6.35. The van der Waals surface area contributed by atoms with Gasteiger partial charge in [0.05, 0.1) is 23.4 Å². The molecule has 0 bridgehead atoms. The quantitative estimate of drug-likeness (QED) is 0.498. The molecule has 0 saturated carbocycles. The van der Waals surface area contributed by atoms with Crippen LogP contribution in [0.4, 0.5) is 32.2 Å². The van der Waals surface area contributed by atoms with Crippen molar-refractivity contribution < 1.29 is 35.3 Å². The van der Waals surface area contributed by atoms with Gasteiger partial charge in [0.2, 0.25) is 0 Å². The first-order valence-corrected chi connectivity index (χ1v) is 12.0. The van der Waals surface area contributed by atoms with E-state index in [0.29, 0.717) is 12.1 Å². The Morgan fingerprint density at radius 2 is 1.57 bits per heavy atom. The summed E-state index contributed by atoms with van der Waals surface area (Å²) in [6.07, 6.45) is -3.47. The lowest BCUT2D eigenvalue weighted by Gasteiger charge is -2.18. The Kier molecular flexibility index (Phi) is 6.93. The summed E-state index contributed by atoms with van der Waals surface area (Å²) in [6.45, 7) is 1.41. The van der Waals surface area contributed by atoms with E-state index in [0.717, 1.165) is 0 Å². The molecular weight excluding hydrogens is 502 g/mol. The van der Waals surface area contributed by atoms with Crippen molar-refractivity contribution in [3.05, 3.63) is 65.2 Å². The van der Waals surface area contributed by atoms with Crippen LogP contribution in [0.5, 0.6) is 0 Å². The molecule has 188 valence electrons. The van der Waals surface area contributed by atoms with Crippen molar-refractivity contribution in [1.82, 2.24) is 25.1 Å². The molecular formula is C20H18F6N6O2S. The van der Waals surface area contributed by atoms with Crippen LogP contribution >= 0.6 is 0 Å². The smallest absolute Gasteiger partial charge is 0.344 e. The van der Waals surface area contributed by atoms with Gasteiger partial charge in [0.1, 0.15) is 5.69 Å². The molecule has 3 aromatic rings. The fourth-order valence-corrected chi connectivity index (χ4v) is 3.59. The molecule has 2 aromatic heterocycles. The SMILES string of the molecule is CC(NC(=O)c1cc(C(F)(F)F)cc(C(F)(F)F)c1)c1nccnc1-n1nccc1N=S(C)(C)=O. The van der Waals surface area contributed by atoms with Crippen molar-refractivity contribution in [2.45, 2.75) is 25.3 Å². The number of aromatic nitrogens is 4. The van der Waals surface area contributed by atoms with E-state index in [-0.39, 0.29) is 23.4 Å². The molecule has 2 heterocycles. The standard InChI is InChI=1S/C20H18F6N6O2S/c1-11(16-17(28-7-6-27-16)32-15(4-5-29-32)31-35(2,3)34)30-18(33)12-8-13(19(21,22)23)10-14(9-12)20(24,25)26/h4-11H,1-3H3,(H,30,33). The van der Waals surface area contributed by atoms with Crippen LogP contribution in [0.1, 0.15) is 40.1 Å². The molecule has 35 heavy (non-hydrogen) atoms. The minimum absolute atomic E-state index is 0.0627. The van der Waals surface area contributed by atoms with E-state index in [9.17, 15) is 35.3 Å². The normalized spacial score (nSPS) is 13.4. The molecule has 0 spiro atoms. The monoisotopic (exact) mass is 520 g/mol. The predicted molar refractivity (Wildman–Crippen MR) is 114 cm³/mol. The summed E-state index contributed by atoms with van der Waals surface area (Å²) in [5, 5.41) is 6.40. The first kappa shape index (κ1) is 26.1. The van der Waals surface area contributed by atoms with Crippen molar-refractivity contribution >= 4 is 21.5 Å². The lowest BCUT2D eigenvalue weighted by molar-refractivity contribution is -0.143. The van der Waals surface area contributed by atoms with Gasteiger partial charge in [-0.05, 0) is 25.1 Å². The minimum atomic E-state index is -5.10. The molecule has 3 rings (SSSR count). The fraction of sp³-hybridized carbons (Fsp3) is 0.300. The van der Waals surface area contributed by atoms with Gasteiger partial charge >= 0.3 is 12.4 Å². The van der Waals surface area contributed by atoms with Crippen molar-refractivity contribution in [3.8, 4) is 5.82 Å². The molecule has 8 nitrogen and oxygen atoms in total. The zero-order chi connectivity index (χ0) is 26.2. The van der Waals surface area contributed by atoms with Gasteiger partial charge in [-0.15, -0.1) is 0 Å². The van der Waals surface area contributed by atoms with Crippen LogP contribution in [0.2, 0.25) is 0 Å². The van der Waals surface area contributed by atoms with Gasteiger partial charge in [-0.3, -0.25) is 9.78 Å². The van der Waals surface area contributed by atoms with Gasteiger partial charge in [0.15, 0.2) is 11.6 Å². The lowest BCUT2D eigenvalue weighted by atomic mass is 10.0. The summed E-state index contributed by atoms with van der Waals surface area (Å²) in [6, 6.07) is 1.02. The second-order valence-corrected chi connectivity index (χ2v) is 10.2. The van der Waals surface area contributed by atoms with Crippen LogP contribution < -0.4 is 5.32 Å². The number of hydrogen-bond acceptors (Lipinski definition) is 6. The molecule has 1 amide bonds. The number of amides is 1. The van der Waals surface area contributed by atoms with Gasteiger partial charge in [-0.25, -0.2) is 9.19 Å². The van der Waals surface area contributed by atoms with Crippen LogP contribution in [0.15, 0.2) is 47.2 Å².